The predicted molar refractivity (Wildman–Crippen MR) is 139 cm³/mol. The number of carbonyl (C=O) groups is 5. The van der Waals surface area contributed by atoms with Gasteiger partial charge in [0.25, 0.3) is 0 Å². The van der Waals surface area contributed by atoms with Crippen molar-refractivity contribution in [3.8, 4) is 22.6 Å². The van der Waals surface area contributed by atoms with Crippen LogP contribution in [0.4, 0.5) is 0 Å². The Morgan fingerprint density at radius 3 is 2.20 bits per heavy atom. The molecule has 2 aromatic rings. The van der Waals surface area contributed by atoms with Crippen LogP contribution < -0.4 is 10.5 Å². The average molecular weight is 551 g/mol. The van der Waals surface area contributed by atoms with Crippen molar-refractivity contribution in [3.05, 3.63) is 47.5 Å². The van der Waals surface area contributed by atoms with E-state index in [0.717, 1.165) is 0 Å². The van der Waals surface area contributed by atoms with Crippen molar-refractivity contribution < 1.29 is 44.0 Å². The van der Waals surface area contributed by atoms with Gasteiger partial charge < -0.3 is 25.8 Å². The minimum atomic E-state index is -3.03. The summed E-state index contributed by atoms with van der Waals surface area (Å²) in [5.41, 5.74) is 3.40. The number of aromatic hydroxyl groups is 1. The summed E-state index contributed by atoms with van der Waals surface area (Å²) in [5.74, 6) is -12.9. The Morgan fingerprint density at radius 1 is 1.02 bits per heavy atom. The van der Waals surface area contributed by atoms with Gasteiger partial charge in [-0.25, -0.2) is 0 Å². The zero-order chi connectivity index (χ0) is 29.4. The molecule has 210 valence electrons. The lowest BCUT2D eigenvalue weighted by atomic mass is 9.49. The highest BCUT2D eigenvalue weighted by Crippen LogP contribution is 2.55. The van der Waals surface area contributed by atoms with Gasteiger partial charge in [-0.05, 0) is 43.3 Å². The summed E-state index contributed by atoms with van der Waals surface area (Å²) in [6, 6.07) is 8.58. The van der Waals surface area contributed by atoms with Gasteiger partial charge in [0.1, 0.15) is 11.5 Å². The van der Waals surface area contributed by atoms with Crippen molar-refractivity contribution in [2.45, 2.75) is 30.6 Å². The summed E-state index contributed by atoms with van der Waals surface area (Å²) >= 11 is 0. The van der Waals surface area contributed by atoms with Gasteiger partial charge in [0.2, 0.25) is 5.91 Å². The van der Waals surface area contributed by atoms with Crippen LogP contribution in [0.5, 0.6) is 11.5 Å². The molecule has 8 atom stereocenters. The Balaban J connectivity index is 1.68. The first kappa shape index (κ1) is 27.6. The van der Waals surface area contributed by atoms with Gasteiger partial charge in [-0.3, -0.25) is 28.9 Å². The molecular formula is C29H30N2O9. The fourth-order valence-electron chi connectivity index (χ4n) is 6.99. The predicted octanol–water partition coefficient (Wildman–Crippen LogP) is 0.0744. The molecule has 0 spiro atoms. The zero-order valence-corrected chi connectivity index (χ0v) is 22.3. The number of aliphatic hydroxyl groups excluding tert-OH is 1. The number of hydrogen-bond acceptors (Lipinski definition) is 10. The van der Waals surface area contributed by atoms with Crippen LogP contribution in [-0.2, 0) is 19.2 Å². The van der Waals surface area contributed by atoms with Crippen LogP contribution in [0.15, 0.2) is 36.4 Å². The number of aliphatic hydroxyl groups is 2. The fraction of sp³-hybridized carbons (Fsp3) is 0.414. The molecule has 0 aromatic heterocycles. The van der Waals surface area contributed by atoms with Crippen molar-refractivity contribution >= 4 is 29.0 Å². The lowest BCUT2D eigenvalue weighted by molar-refractivity contribution is -0.196. The summed E-state index contributed by atoms with van der Waals surface area (Å²) in [6.07, 6.45) is -1.67. The van der Waals surface area contributed by atoms with Crippen molar-refractivity contribution in [1.29, 1.82) is 0 Å². The number of nitrogens with zero attached hydrogens (tertiary/aromatic N) is 1. The van der Waals surface area contributed by atoms with E-state index in [1.54, 1.807) is 43.3 Å². The Morgan fingerprint density at radius 2 is 1.65 bits per heavy atom. The van der Waals surface area contributed by atoms with Gasteiger partial charge in [0.05, 0.1) is 36.7 Å². The van der Waals surface area contributed by atoms with Crippen LogP contribution in [0.25, 0.3) is 11.1 Å². The smallest absolute Gasteiger partial charge is 0.235 e. The second-order valence-electron chi connectivity index (χ2n) is 11.0. The molecule has 0 radical (unpaired) electrons. The molecule has 8 unspecified atom stereocenters. The molecule has 3 aliphatic rings. The molecule has 2 fully saturated rings. The van der Waals surface area contributed by atoms with Crippen LogP contribution in [0.3, 0.4) is 0 Å². The maximum atomic E-state index is 14.0. The number of rotatable bonds is 4. The summed E-state index contributed by atoms with van der Waals surface area (Å²) in [6.45, 7) is 1.67. The molecule has 0 aliphatic heterocycles. The number of nitrogens with two attached hydrogens (primary N) is 1. The maximum Gasteiger partial charge on any atom is 0.235 e. The first-order valence-electron chi connectivity index (χ1n) is 12.8. The number of likely N-dealkylation sites (N-methyl/N-ethyl adjacent to an activating group) is 1. The quantitative estimate of drug-likeness (QED) is 0.380. The van der Waals surface area contributed by atoms with Crippen LogP contribution in [-0.4, -0.2) is 88.2 Å². The lowest BCUT2D eigenvalue weighted by Crippen LogP contribution is -2.77. The number of benzene rings is 2. The van der Waals surface area contributed by atoms with Crippen LogP contribution in [0.1, 0.15) is 28.8 Å². The first-order valence-corrected chi connectivity index (χ1v) is 12.8. The standard InChI is InChI=1S/C29H30N2O9/c1-11-14-9-10-15(12-5-7-13(40-4)8-6-12)22(32)17(14)23(33)18-16(11)24(34)20-21(31(2)3)25(35)19(28(30)38)27(37)29(20,39)26(18)36/h5-11,16,18-21,24,32,34,39H,1-4H3,(H2,30,38). The van der Waals surface area contributed by atoms with E-state index in [4.69, 9.17) is 10.5 Å². The van der Waals surface area contributed by atoms with Crippen LogP contribution in [0.2, 0.25) is 0 Å². The van der Waals surface area contributed by atoms with Crippen molar-refractivity contribution in [2.75, 3.05) is 21.2 Å². The van der Waals surface area contributed by atoms with Gasteiger partial charge in [0.15, 0.2) is 34.7 Å². The summed E-state index contributed by atoms with van der Waals surface area (Å²) in [4.78, 5) is 68.1. The molecule has 11 nitrogen and oxygen atoms in total. The highest BCUT2D eigenvalue weighted by Gasteiger charge is 2.72. The number of methoxy groups -OCH3 is 1. The normalized spacial score (nSPS) is 33.3. The highest BCUT2D eigenvalue weighted by molar-refractivity contribution is 6.32. The van der Waals surface area contributed by atoms with Crippen LogP contribution >= 0.6 is 0 Å². The molecule has 5 rings (SSSR count). The topological polar surface area (TPSA) is 185 Å². The van der Waals surface area contributed by atoms with Gasteiger partial charge in [-0.15, -0.1) is 0 Å². The summed E-state index contributed by atoms with van der Waals surface area (Å²) in [7, 11) is 4.41. The number of amides is 1. The monoisotopic (exact) mass is 550 g/mol. The number of fused-ring (bicyclic) bond motifs is 3. The third kappa shape index (κ3) is 3.51. The zero-order valence-electron chi connectivity index (χ0n) is 22.3. The SMILES string of the molecule is COc1ccc(-c2ccc3c(c2O)C(=O)C2C(=O)C4(O)C(=O)C(C(N)=O)C(=O)C(N(C)C)C4C(O)C2C3C)cc1. The molecule has 0 bridgehead atoms. The van der Waals surface area contributed by atoms with Crippen molar-refractivity contribution in [3.63, 3.8) is 0 Å². The number of hydrogen-bond donors (Lipinski definition) is 4. The molecule has 11 heteroatoms. The molecule has 0 heterocycles. The minimum absolute atomic E-state index is 0.153. The van der Waals surface area contributed by atoms with E-state index in [0.29, 0.717) is 22.4 Å². The van der Waals surface area contributed by atoms with E-state index in [1.807, 2.05) is 0 Å². The van der Waals surface area contributed by atoms with Crippen molar-refractivity contribution in [2.24, 2.45) is 29.4 Å². The second kappa shape index (κ2) is 9.33. The van der Waals surface area contributed by atoms with Crippen molar-refractivity contribution in [1.82, 2.24) is 4.90 Å². The van der Waals surface area contributed by atoms with E-state index in [9.17, 15) is 39.3 Å². The number of Topliss-reactive ketones (excluding diaryl/α,β-unsaturated/α-hetero) is 4. The second-order valence-corrected chi connectivity index (χ2v) is 11.0. The fourth-order valence-corrected chi connectivity index (χ4v) is 6.99. The average Bonchev–Trinajstić information content (AvgIpc) is 2.90. The highest BCUT2D eigenvalue weighted by atomic mass is 16.5. The maximum absolute atomic E-state index is 14.0. The third-order valence-electron chi connectivity index (χ3n) is 8.89. The van der Waals surface area contributed by atoms with E-state index in [2.05, 4.69) is 0 Å². The Bertz CT molecular complexity index is 1470. The van der Waals surface area contributed by atoms with E-state index in [1.165, 1.54) is 26.1 Å². The number of ether oxygens (including phenoxy) is 1. The molecule has 2 saturated carbocycles. The number of carbonyl (C=O) groups excluding carboxylic acids is 5. The Labute approximate surface area is 229 Å². The van der Waals surface area contributed by atoms with Gasteiger partial charge in [-0.2, -0.15) is 0 Å². The number of phenolic OH excluding ortho intramolecular Hbond substituents is 1. The Kier molecular flexibility index (Phi) is 6.44. The van der Waals surface area contributed by atoms with E-state index < -0.39 is 76.4 Å². The van der Waals surface area contributed by atoms with E-state index >= 15 is 0 Å². The number of primary amides is 1. The molecule has 3 aliphatic carbocycles. The third-order valence-corrected chi connectivity index (χ3v) is 8.89. The number of ketones is 4. The lowest BCUT2D eigenvalue weighted by Gasteiger charge is -2.56. The minimum Gasteiger partial charge on any atom is -0.507 e. The molecule has 40 heavy (non-hydrogen) atoms. The summed E-state index contributed by atoms with van der Waals surface area (Å²) in [5, 5.41) is 34.7. The first-order chi connectivity index (χ1) is 18.8. The molecule has 0 saturated heterocycles. The largest absolute Gasteiger partial charge is 0.507 e. The van der Waals surface area contributed by atoms with Crippen LogP contribution in [0, 0.1) is 23.7 Å². The van der Waals surface area contributed by atoms with Gasteiger partial charge in [0, 0.05) is 11.5 Å². The van der Waals surface area contributed by atoms with Gasteiger partial charge in [-0.1, -0.05) is 31.2 Å². The summed E-state index contributed by atoms with van der Waals surface area (Å²) < 4.78 is 5.17. The van der Waals surface area contributed by atoms with Gasteiger partial charge >= 0.3 is 0 Å². The van der Waals surface area contributed by atoms with E-state index in [-0.39, 0.29) is 11.3 Å². The molecule has 1 amide bonds. The Hall–Kier alpha value is -3.93. The molecular weight excluding hydrogens is 520 g/mol. The molecule has 5 N–H and O–H groups in total. The number of phenols is 1. The molecule has 2 aromatic carbocycles.